The molecule has 134 valence electrons. The van der Waals surface area contributed by atoms with Crippen LogP contribution in [-0.2, 0) is 23.8 Å². The molecule has 0 amide bonds. The van der Waals surface area contributed by atoms with Gasteiger partial charge in [-0.2, -0.15) is 0 Å². The second-order valence-corrected chi connectivity index (χ2v) is 5.15. The summed E-state index contributed by atoms with van der Waals surface area (Å²) >= 11 is 0. The van der Waals surface area contributed by atoms with Crippen molar-refractivity contribution in [2.75, 3.05) is 6.61 Å². The average Bonchev–Trinajstić information content (AvgIpc) is 2.83. The SMILES string of the molecule is CC(=O)OCC1OC(n2ccc(=O)[nH]c2=O)C(N=[N+]=[N-])C1OC(C)=O. The molecule has 12 nitrogen and oxygen atoms in total. The van der Waals surface area contributed by atoms with Crippen LogP contribution < -0.4 is 11.2 Å². The van der Waals surface area contributed by atoms with Crippen LogP contribution in [0.25, 0.3) is 10.4 Å². The van der Waals surface area contributed by atoms with Crippen LogP contribution in [0.15, 0.2) is 27.0 Å². The molecule has 1 N–H and O–H groups in total. The van der Waals surface area contributed by atoms with Crippen molar-refractivity contribution >= 4 is 11.9 Å². The first-order chi connectivity index (χ1) is 11.8. The van der Waals surface area contributed by atoms with E-state index in [1.807, 2.05) is 4.98 Å². The largest absolute Gasteiger partial charge is 0.463 e. The average molecular weight is 353 g/mol. The van der Waals surface area contributed by atoms with Crippen molar-refractivity contribution in [3.8, 4) is 0 Å². The number of H-pyrrole nitrogens is 1. The molecule has 12 heteroatoms. The molecule has 0 radical (unpaired) electrons. The molecule has 2 heterocycles. The highest BCUT2D eigenvalue weighted by Crippen LogP contribution is 2.33. The predicted octanol–water partition coefficient (Wildman–Crippen LogP) is -0.392. The number of aromatic nitrogens is 2. The molecule has 1 aromatic heterocycles. The number of carbonyl (C=O) groups is 2. The molecule has 0 aliphatic carbocycles. The summed E-state index contributed by atoms with van der Waals surface area (Å²) in [4.78, 5) is 50.3. The fourth-order valence-electron chi connectivity index (χ4n) is 2.43. The number of carbonyl (C=O) groups excluding carboxylic acids is 2. The van der Waals surface area contributed by atoms with Gasteiger partial charge in [0.1, 0.15) is 24.9 Å². The smallest absolute Gasteiger partial charge is 0.330 e. The number of rotatable bonds is 5. The predicted molar refractivity (Wildman–Crippen MR) is 80.4 cm³/mol. The van der Waals surface area contributed by atoms with Gasteiger partial charge in [-0.3, -0.25) is 23.9 Å². The van der Waals surface area contributed by atoms with Crippen LogP contribution in [0.5, 0.6) is 0 Å². The Labute approximate surface area is 139 Å². The lowest BCUT2D eigenvalue weighted by Crippen LogP contribution is -2.39. The van der Waals surface area contributed by atoms with Crippen molar-refractivity contribution in [2.24, 2.45) is 5.11 Å². The summed E-state index contributed by atoms with van der Waals surface area (Å²) in [6, 6.07) is -0.0314. The molecule has 1 aliphatic heterocycles. The third-order valence-corrected chi connectivity index (χ3v) is 3.37. The first-order valence-corrected chi connectivity index (χ1v) is 7.15. The van der Waals surface area contributed by atoms with E-state index in [1.165, 1.54) is 6.92 Å². The van der Waals surface area contributed by atoms with Gasteiger partial charge in [0.15, 0.2) is 6.23 Å². The minimum absolute atomic E-state index is 0.278. The lowest BCUT2D eigenvalue weighted by atomic mass is 10.1. The first kappa shape index (κ1) is 18.2. The number of nitrogens with zero attached hydrogens (tertiary/aromatic N) is 4. The summed E-state index contributed by atoms with van der Waals surface area (Å²) in [5, 5.41) is 3.54. The number of hydrogen-bond donors (Lipinski definition) is 1. The molecular weight excluding hydrogens is 338 g/mol. The third kappa shape index (κ3) is 4.25. The number of ether oxygens (including phenoxy) is 3. The van der Waals surface area contributed by atoms with Gasteiger partial charge < -0.3 is 14.2 Å². The van der Waals surface area contributed by atoms with Crippen LogP contribution in [0.4, 0.5) is 0 Å². The maximum Gasteiger partial charge on any atom is 0.330 e. The maximum absolute atomic E-state index is 12.0. The van der Waals surface area contributed by atoms with Crippen LogP contribution in [-0.4, -0.2) is 46.3 Å². The van der Waals surface area contributed by atoms with Crippen LogP contribution in [0.3, 0.4) is 0 Å². The van der Waals surface area contributed by atoms with E-state index in [0.29, 0.717) is 0 Å². The van der Waals surface area contributed by atoms with Crippen LogP contribution in [0.1, 0.15) is 20.1 Å². The minimum Gasteiger partial charge on any atom is -0.463 e. The molecule has 1 saturated heterocycles. The summed E-state index contributed by atoms with van der Waals surface area (Å²) in [5.41, 5.74) is 7.37. The van der Waals surface area contributed by atoms with Gasteiger partial charge in [-0.1, -0.05) is 5.11 Å². The molecule has 2 rings (SSSR count). The molecule has 1 aromatic rings. The molecule has 1 fully saturated rings. The second-order valence-electron chi connectivity index (χ2n) is 5.15. The molecule has 0 spiro atoms. The molecule has 25 heavy (non-hydrogen) atoms. The lowest BCUT2D eigenvalue weighted by molar-refractivity contribution is -0.155. The number of aromatic amines is 1. The van der Waals surface area contributed by atoms with Gasteiger partial charge in [-0.15, -0.1) is 0 Å². The highest BCUT2D eigenvalue weighted by molar-refractivity contribution is 5.66. The normalized spacial score (nSPS) is 25.0. The van der Waals surface area contributed by atoms with Crippen molar-refractivity contribution in [1.29, 1.82) is 0 Å². The minimum atomic E-state index is -1.16. The quantitative estimate of drug-likeness (QED) is 0.325. The van der Waals surface area contributed by atoms with Crippen molar-refractivity contribution in [3.05, 3.63) is 43.5 Å². The number of hydrogen-bond acceptors (Lipinski definition) is 8. The lowest BCUT2D eigenvalue weighted by Gasteiger charge is -2.20. The Morgan fingerprint density at radius 3 is 2.68 bits per heavy atom. The number of azide groups is 1. The van der Waals surface area contributed by atoms with E-state index in [-0.39, 0.29) is 6.61 Å². The highest BCUT2D eigenvalue weighted by atomic mass is 16.6. The zero-order valence-corrected chi connectivity index (χ0v) is 13.3. The zero-order valence-electron chi connectivity index (χ0n) is 13.3. The summed E-state index contributed by atoms with van der Waals surface area (Å²) in [7, 11) is 0. The number of esters is 2. The summed E-state index contributed by atoms with van der Waals surface area (Å²) in [6.07, 6.45) is -2.06. The summed E-state index contributed by atoms with van der Waals surface area (Å²) in [6.45, 7) is 2.06. The summed E-state index contributed by atoms with van der Waals surface area (Å²) in [5.74, 6) is -1.26. The van der Waals surface area contributed by atoms with E-state index in [1.54, 1.807) is 0 Å². The molecule has 4 atom stereocenters. The fourth-order valence-corrected chi connectivity index (χ4v) is 2.43. The van der Waals surface area contributed by atoms with E-state index in [9.17, 15) is 19.2 Å². The van der Waals surface area contributed by atoms with Crippen LogP contribution in [0.2, 0.25) is 0 Å². The summed E-state index contributed by atoms with van der Waals surface area (Å²) < 4.78 is 16.6. The van der Waals surface area contributed by atoms with E-state index in [0.717, 1.165) is 23.8 Å². The van der Waals surface area contributed by atoms with Gasteiger partial charge in [0, 0.05) is 31.0 Å². The van der Waals surface area contributed by atoms with Gasteiger partial charge in [0.2, 0.25) is 0 Å². The Bertz CT molecular complexity index is 825. The second kappa shape index (κ2) is 7.64. The van der Waals surface area contributed by atoms with E-state index < -0.39 is 47.7 Å². The zero-order chi connectivity index (χ0) is 18.6. The van der Waals surface area contributed by atoms with E-state index in [2.05, 4.69) is 10.0 Å². The Balaban J connectivity index is 2.42. The Morgan fingerprint density at radius 1 is 1.40 bits per heavy atom. The van der Waals surface area contributed by atoms with Gasteiger partial charge in [-0.05, 0) is 5.53 Å². The Hall–Kier alpha value is -3.11. The van der Waals surface area contributed by atoms with Crippen molar-refractivity contribution in [3.63, 3.8) is 0 Å². The van der Waals surface area contributed by atoms with Crippen LogP contribution in [0, 0.1) is 0 Å². The number of nitrogens with one attached hydrogen (secondary N) is 1. The van der Waals surface area contributed by atoms with Crippen molar-refractivity contribution in [2.45, 2.75) is 38.3 Å². The van der Waals surface area contributed by atoms with E-state index >= 15 is 0 Å². The Kier molecular flexibility index (Phi) is 5.57. The highest BCUT2D eigenvalue weighted by Gasteiger charge is 2.48. The maximum atomic E-state index is 12.0. The molecule has 1 aliphatic rings. The van der Waals surface area contributed by atoms with Gasteiger partial charge >= 0.3 is 17.6 Å². The van der Waals surface area contributed by atoms with Gasteiger partial charge in [0.25, 0.3) is 5.56 Å². The molecule has 4 unspecified atom stereocenters. The van der Waals surface area contributed by atoms with Gasteiger partial charge in [0.05, 0.1) is 0 Å². The molecular formula is C13H15N5O7. The van der Waals surface area contributed by atoms with Crippen molar-refractivity contribution < 1.29 is 23.8 Å². The topological polar surface area (TPSA) is 165 Å². The monoisotopic (exact) mass is 353 g/mol. The third-order valence-electron chi connectivity index (χ3n) is 3.37. The van der Waals surface area contributed by atoms with Crippen LogP contribution >= 0.6 is 0 Å². The fraction of sp³-hybridized carbons (Fsp3) is 0.538. The first-order valence-electron chi connectivity index (χ1n) is 7.15. The van der Waals surface area contributed by atoms with Gasteiger partial charge in [-0.25, -0.2) is 4.79 Å². The van der Waals surface area contributed by atoms with E-state index in [4.69, 9.17) is 19.7 Å². The molecule has 0 bridgehead atoms. The van der Waals surface area contributed by atoms with Crippen molar-refractivity contribution in [1.82, 2.24) is 9.55 Å². The standard InChI is InChI=1S/C13H15N5O7/c1-6(19)23-5-8-11(24-7(2)20)10(16-17-14)12(25-8)18-4-3-9(21)15-13(18)22/h3-4,8,10-12H,5H2,1-2H3,(H,15,21,22). The molecule has 0 aromatic carbocycles. The molecule has 0 saturated carbocycles. The Morgan fingerprint density at radius 2 is 2.12 bits per heavy atom.